The van der Waals surface area contributed by atoms with Gasteiger partial charge in [0.25, 0.3) is 0 Å². The molecule has 0 saturated carbocycles. The molecule has 1 saturated heterocycles. The van der Waals surface area contributed by atoms with E-state index in [-0.39, 0.29) is 5.54 Å². The summed E-state index contributed by atoms with van der Waals surface area (Å²) in [5.74, 6) is 0. The third kappa shape index (κ3) is 3.07. The average molecular weight is 278 g/mol. The number of aromatic nitrogens is 2. The highest BCUT2D eigenvalue weighted by molar-refractivity contribution is 5.04. The molecule has 0 aliphatic carbocycles. The van der Waals surface area contributed by atoms with E-state index in [1.165, 1.54) is 18.5 Å². The van der Waals surface area contributed by atoms with Gasteiger partial charge in [0, 0.05) is 56.1 Å². The zero-order valence-electron chi connectivity index (χ0n) is 13.7. The van der Waals surface area contributed by atoms with Gasteiger partial charge >= 0.3 is 0 Å². The molecule has 1 aromatic heterocycles. The molecular formula is C16H30N4. The van der Waals surface area contributed by atoms with Crippen LogP contribution in [-0.4, -0.2) is 45.4 Å². The van der Waals surface area contributed by atoms with Crippen molar-refractivity contribution in [3.8, 4) is 0 Å². The van der Waals surface area contributed by atoms with Crippen molar-refractivity contribution in [3.63, 3.8) is 0 Å². The molecule has 0 aromatic carbocycles. The van der Waals surface area contributed by atoms with Crippen molar-refractivity contribution in [2.24, 2.45) is 7.05 Å². The standard InChI is InChI=1S/C16H30N4/c1-6-16(7-2)13-20(15(3,4)12-17-16)11-9-14-8-10-18-19(14)5/h8,10,17H,6-7,9,11-13H2,1-5H3. The summed E-state index contributed by atoms with van der Waals surface area (Å²) >= 11 is 0. The molecule has 2 heterocycles. The van der Waals surface area contributed by atoms with Gasteiger partial charge in [-0.05, 0) is 32.8 Å². The fraction of sp³-hybridized carbons (Fsp3) is 0.812. The normalized spacial score (nSPS) is 22.1. The lowest BCUT2D eigenvalue weighted by molar-refractivity contribution is 0.0232. The zero-order valence-corrected chi connectivity index (χ0v) is 13.7. The van der Waals surface area contributed by atoms with E-state index in [0.717, 1.165) is 26.1 Å². The van der Waals surface area contributed by atoms with Crippen LogP contribution in [0.1, 0.15) is 46.2 Å². The van der Waals surface area contributed by atoms with Crippen LogP contribution in [0.5, 0.6) is 0 Å². The van der Waals surface area contributed by atoms with Gasteiger partial charge in [0.15, 0.2) is 0 Å². The summed E-state index contributed by atoms with van der Waals surface area (Å²) in [7, 11) is 2.03. The zero-order chi connectivity index (χ0) is 14.8. The van der Waals surface area contributed by atoms with Crippen LogP contribution >= 0.6 is 0 Å². The van der Waals surface area contributed by atoms with Crippen molar-refractivity contribution in [3.05, 3.63) is 18.0 Å². The number of nitrogens with one attached hydrogen (secondary N) is 1. The number of hydrogen-bond donors (Lipinski definition) is 1. The predicted octanol–water partition coefficient (Wildman–Crippen LogP) is 2.21. The SMILES string of the molecule is CCC1(CC)CN(CCc2ccnn2C)C(C)(C)CN1. The van der Waals surface area contributed by atoms with Crippen LogP contribution < -0.4 is 5.32 Å². The topological polar surface area (TPSA) is 33.1 Å². The second-order valence-electron chi connectivity index (χ2n) is 6.77. The Morgan fingerprint density at radius 3 is 2.55 bits per heavy atom. The number of nitrogens with zero attached hydrogens (tertiary/aromatic N) is 3. The van der Waals surface area contributed by atoms with Crippen LogP contribution in [0, 0.1) is 0 Å². The highest BCUT2D eigenvalue weighted by atomic mass is 15.3. The lowest BCUT2D eigenvalue weighted by Gasteiger charge is -2.52. The van der Waals surface area contributed by atoms with E-state index < -0.39 is 0 Å². The van der Waals surface area contributed by atoms with Crippen molar-refractivity contribution < 1.29 is 0 Å². The first-order valence-corrected chi connectivity index (χ1v) is 7.89. The van der Waals surface area contributed by atoms with Gasteiger partial charge in [-0.25, -0.2) is 0 Å². The molecular weight excluding hydrogens is 248 g/mol. The third-order valence-corrected chi connectivity index (χ3v) is 5.16. The highest BCUT2D eigenvalue weighted by Crippen LogP contribution is 2.28. The van der Waals surface area contributed by atoms with Crippen LogP contribution in [0.2, 0.25) is 0 Å². The number of hydrogen-bond acceptors (Lipinski definition) is 3. The highest BCUT2D eigenvalue weighted by Gasteiger charge is 2.40. The van der Waals surface area contributed by atoms with Crippen molar-refractivity contribution in [1.82, 2.24) is 20.0 Å². The largest absolute Gasteiger partial charge is 0.308 e. The second-order valence-corrected chi connectivity index (χ2v) is 6.77. The maximum absolute atomic E-state index is 4.26. The fourth-order valence-corrected chi connectivity index (χ4v) is 3.15. The Morgan fingerprint density at radius 2 is 2.00 bits per heavy atom. The summed E-state index contributed by atoms with van der Waals surface area (Å²) in [6.07, 6.45) is 5.35. The van der Waals surface area contributed by atoms with Crippen molar-refractivity contribution in [2.75, 3.05) is 19.6 Å². The second kappa shape index (κ2) is 5.86. The van der Waals surface area contributed by atoms with Gasteiger partial charge in [0.2, 0.25) is 0 Å². The maximum atomic E-state index is 4.26. The molecule has 114 valence electrons. The van der Waals surface area contributed by atoms with Gasteiger partial charge in [-0.1, -0.05) is 13.8 Å². The molecule has 0 unspecified atom stereocenters. The Hall–Kier alpha value is -0.870. The summed E-state index contributed by atoms with van der Waals surface area (Å²) in [6, 6.07) is 2.13. The average Bonchev–Trinajstić information content (AvgIpc) is 2.83. The first-order valence-electron chi connectivity index (χ1n) is 7.89. The van der Waals surface area contributed by atoms with Crippen molar-refractivity contribution in [2.45, 2.75) is 58.0 Å². The monoisotopic (exact) mass is 278 g/mol. The predicted molar refractivity (Wildman–Crippen MR) is 83.9 cm³/mol. The summed E-state index contributed by atoms with van der Waals surface area (Å²) < 4.78 is 1.99. The number of piperazine rings is 1. The van der Waals surface area contributed by atoms with E-state index in [4.69, 9.17) is 0 Å². The fourth-order valence-electron chi connectivity index (χ4n) is 3.15. The molecule has 0 spiro atoms. The molecule has 0 radical (unpaired) electrons. The van der Waals surface area contributed by atoms with Gasteiger partial charge < -0.3 is 5.32 Å². The Balaban J connectivity index is 2.04. The van der Waals surface area contributed by atoms with Gasteiger partial charge in [0.05, 0.1) is 0 Å². The van der Waals surface area contributed by atoms with Crippen LogP contribution in [0.4, 0.5) is 0 Å². The molecule has 1 fully saturated rings. The Kier molecular flexibility index (Phi) is 4.55. The molecule has 1 N–H and O–H groups in total. The van der Waals surface area contributed by atoms with Crippen LogP contribution in [-0.2, 0) is 13.5 Å². The maximum Gasteiger partial charge on any atom is 0.0492 e. The Bertz CT molecular complexity index is 431. The quantitative estimate of drug-likeness (QED) is 0.896. The molecule has 0 atom stereocenters. The third-order valence-electron chi connectivity index (χ3n) is 5.16. The van der Waals surface area contributed by atoms with E-state index in [1.807, 2.05) is 17.9 Å². The summed E-state index contributed by atoms with van der Waals surface area (Å²) in [6.45, 7) is 12.6. The van der Waals surface area contributed by atoms with Crippen molar-refractivity contribution in [1.29, 1.82) is 0 Å². The smallest absolute Gasteiger partial charge is 0.0492 e. The molecule has 1 aliphatic heterocycles. The molecule has 1 aliphatic rings. The molecule has 0 bridgehead atoms. The van der Waals surface area contributed by atoms with Crippen molar-refractivity contribution >= 4 is 0 Å². The first kappa shape index (κ1) is 15.5. The van der Waals surface area contributed by atoms with Crippen LogP contribution in [0.25, 0.3) is 0 Å². The molecule has 20 heavy (non-hydrogen) atoms. The minimum Gasteiger partial charge on any atom is -0.308 e. The van der Waals surface area contributed by atoms with Gasteiger partial charge in [-0.3, -0.25) is 9.58 Å². The lowest BCUT2D eigenvalue weighted by atomic mass is 9.85. The minimum absolute atomic E-state index is 0.229. The van der Waals surface area contributed by atoms with Crippen LogP contribution in [0.3, 0.4) is 0 Å². The number of rotatable bonds is 5. The van der Waals surface area contributed by atoms with E-state index >= 15 is 0 Å². The lowest BCUT2D eigenvalue weighted by Crippen LogP contribution is -2.68. The van der Waals surface area contributed by atoms with Gasteiger partial charge in [-0.2, -0.15) is 5.10 Å². The summed E-state index contributed by atoms with van der Waals surface area (Å²) in [4.78, 5) is 2.66. The number of aryl methyl sites for hydroxylation is 1. The Morgan fingerprint density at radius 1 is 1.30 bits per heavy atom. The summed E-state index contributed by atoms with van der Waals surface area (Å²) in [5.41, 5.74) is 1.84. The first-order chi connectivity index (χ1) is 9.42. The molecule has 4 nitrogen and oxygen atoms in total. The minimum atomic E-state index is 0.229. The van der Waals surface area contributed by atoms with Gasteiger partial charge in [0.1, 0.15) is 0 Å². The van der Waals surface area contributed by atoms with Gasteiger partial charge in [-0.15, -0.1) is 0 Å². The Labute approximate surface area is 123 Å². The van der Waals surface area contributed by atoms with E-state index in [2.05, 4.69) is 49.1 Å². The van der Waals surface area contributed by atoms with E-state index in [9.17, 15) is 0 Å². The molecule has 0 amide bonds. The van der Waals surface area contributed by atoms with E-state index in [0.29, 0.717) is 5.54 Å². The molecule has 4 heteroatoms. The van der Waals surface area contributed by atoms with Crippen LogP contribution in [0.15, 0.2) is 12.3 Å². The van der Waals surface area contributed by atoms with E-state index in [1.54, 1.807) is 0 Å². The molecule has 1 aromatic rings. The summed E-state index contributed by atoms with van der Waals surface area (Å²) in [5, 5.41) is 8.06. The molecule has 2 rings (SSSR count).